The molecule has 1 amide bonds. The Kier molecular flexibility index (Phi) is 4.42. The molecule has 0 fully saturated rings. The second-order valence-electron chi connectivity index (χ2n) is 3.76. The molecule has 0 aliphatic carbocycles. The summed E-state index contributed by atoms with van der Waals surface area (Å²) in [6.07, 6.45) is 3.19. The van der Waals surface area contributed by atoms with Crippen molar-refractivity contribution >= 4 is 34.8 Å². The molecule has 1 aromatic carbocycles. The molecule has 0 aliphatic heterocycles. The van der Waals surface area contributed by atoms with Crippen molar-refractivity contribution < 1.29 is 9.53 Å². The summed E-state index contributed by atoms with van der Waals surface area (Å²) in [4.78, 5) is 12.0. The maximum Gasteiger partial charge on any atom is 0.257 e. The lowest BCUT2D eigenvalue weighted by atomic mass is 10.2. The summed E-state index contributed by atoms with van der Waals surface area (Å²) in [7, 11) is 1.56. The van der Waals surface area contributed by atoms with Crippen molar-refractivity contribution in [1.82, 2.24) is 9.78 Å². The van der Waals surface area contributed by atoms with E-state index in [0.29, 0.717) is 28.0 Å². The van der Waals surface area contributed by atoms with Crippen LogP contribution in [0.5, 0.6) is 0 Å². The smallest absolute Gasteiger partial charge is 0.257 e. The minimum Gasteiger partial charge on any atom is -0.362 e. The van der Waals surface area contributed by atoms with Crippen LogP contribution in [0.3, 0.4) is 0 Å². The Labute approximate surface area is 120 Å². The number of aromatic nitrogens is 2. The topological polar surface area (TPSA) is 56.1 Å². The van der Waals surface area contributed by atoms with Crippen molar-refractivity contribution in [2.24, 2.45) is 0 Å². The Bertz CT molecular complexity index is 598. The summed E-state index contributed by atoms with van der Waals surface area (Å²) in [5.41, 5.74) is 0.915. The van der Waals surface area contributed by atoms with Crippen molar-refractivity contribution in [3.8, 4) is 0 Å². The maximum atomic E-state index is 12.0. The van der Waals surface area contributed by atoms with Gasteiger partial charge in [0.05, 0.1) is 28.7 Å². The molecule has 0 radical (unpaired) electrons. The molecular formula is C12H11Cl2N3O2. The third kappa shape index (κ3) is 3.47. The number of halogens is 2. The number of hydrogen-bond acceptors (Lipinski definition) is 3. The Hall–Kier alpha value is -1.56. The molecule has 5 nitrogen and oxygen atoms in total. The molecule has 0 saturated carbocycles. The first-order valence-electron chi connectivity index (χ1n) is 5.38. The van der Waals surface area contributed by atoms with Gasteiger partial charge in [0.1, 0.15) is 6.73 Å². The molecule has 0 spiro atoms. The Balaban J connectivity index is 2.11. The fraction of sp³-hybridized carbons (Fsp3) is 0.167. The van der Waals surface area contributed by atoms with Gasteiger partial charge in [-0.05, 0) is 18.2 Å². The second kappa shape index (κ2) is 6.06. The molecule has 1 heterocycles. The third-order valence-corrected chi connectivity index (χ3v) is 2.88. The number of carbonyl (C=O) groups excluding carboxylic acids is 1. The summed E-state index contributed by atoms with van der Waals surface area (Å²) >= 11 is 11.7. The molecule has 0 atom stereocenters. The average molecular weight is 300 g/mol. The van der Waals surface area contributed by atoms with Gasteiger partial charge >= 0.3 is 0 Å². The number of nitrogens with one attached hydrogen (secondary N) is 1. The first kappa shape index (κ1) is 13.9. The van der Waals surface area contributed by atoms with Crippen LogP contribution in [0.25, 0.3) is 0 Å². The number of anilines is 1. The normalized spacial score (nSPS) is 10.5. The van der Waals surface area contributed by atoms with E-state index in [2.05, 4.69) is 10.4 Å². The first-order valence-corrected chi connectivity index (χ1v) is 6.13. The quantitative estimate of drug-likeness (QED) is 0.944. The lowest BCUT2D eigenvalue weighted by Gasteiger charge is -2.04. The minimum absolute atomic E-state index is 0.300. The largest absolute Gasteiger partial charge is 0.362 e. The Morgan fingerprint density at radius 2 is 2.26 bits per heavy atom. The predicted octanol–water partition coefficient (Wildman–Crippen LogP) is 3.05. The highest BCUT2D eigenvalue weighted by molar-refractivity contribution is 6.37. The molecule has 2 aromatic rings. The van der Waals surface area contributed by atoms with Gasteiger partial charge in [0, 0.05) is 12.1 Å². The number of rotatable bonds is 4. The summed E-state index contributed by atoms with van der Waals surface area (Å²) in [6, 6.07) is 4.70. The van der Waals surface area contributed by atoms with E-state index in [9.17, 15) is 4.79 Å². The summed E-state index contributed by atoms with van der Waals surface area (Å²) in [6.45, 7) is 0.317. The lowest BCUT2D eigenvalue weighted by Crippen LogP contribution is -2.12. The number of hydrogen-bond donors (Lipinski definition) is 1. The van der Waals surface area contributed by atoms with Crippen LogP contribution in [0.2, 0.25) is 10.0 Å². The lowest BCUT2D eigenvalue weighted by molar-refractivity contribution is 0.102. The average Bonchev–Trinajstić information content (AvgIpc) is 2.76. The highest BCUT2D eigenvalue weighted by atomic mass is 35.5. The zero-order chi connectivity index (χ0) is 13.8. The van der Waals surface area contributed by atoms with Gasteiger partial charge in [0.15, 0.2) is 0 Å². The van der Waals surface area contributed by atoms with Gasteiger partial charge in [-0.15, -0.1) is 0 Å². The van der Waals surface area contributed by atoms with E-state index < -0.39 is 0 Å². The van der Waals surface area contributed by atoms with Crippen molar-refractivity contribution in [3.63, 3.8) is 0 Å². The van der Waals surface area contributed by atoms with Crippen LogP contribution in [0.1, 0.15) is 10.4 Å². The minimum atomic E-state index is -0.321. The maximum absolute atomic E-state index is 12.0. The Morgan fingerprint density at radius 1 is 1.47 bits per heavy atom. The van der Waals surface area contributed by atoms with Crippen LogP contribution < -0.4 is 5.32 Å². The second-order valence-corrected chi connectivity index (χ2v) is 4.61. The van der Waals surface area contributed by atoms with E-state index in [4.69, 9.17) is 27.9 Å². The van der Waals surface area contributed by atoms with Gasteiger partial charge in [-0.25, -0.2) is 4.68 Å². The van der Waals surface area contributed by atoms with E-state index in [-0.39, 0.29) is 5.91 Å². The number of methoxy groups -OCH3 is 1. The molecule has 0 saturated heterocycles. The predicted molar refractivity (Wildman–Crippen MR) is 73.7 cm³/mol. The molecule has 2 rings (SSSR count). The highest BCUT2D eigenvalue weighted by Gasteiger charge is 2.11. The standard InChI is InChI=1S/C12H11Cl2N3O2/c1-19-7-17-6-9(5-15-17)16-12(18)10-3-2-8(13)4-11(10)14/h2-6H,7H2,1H3,(H,16,18). The van der Waals surface area contributed by atoms with Crippen LogP contribution in [0.4, 0.5) is 5.69 Å². The monoisotopic (exact) mass is 299 g/mol. The van der Waals surface area contributed by atoms with E-state index in [1.165, 1.54) is 12.3 Å². The molecule has 1 aromatic heterocycles. The van der Waals surface area contributed by atoms with Gasteiger partial charge in [-0.1, -0.05) is 23.2 Å². The highest BCUT2D eigenvalue weighted by Crippen LogP contribution is 2.21. The van der Waals surface area contributed by atoms with E-state index in [1.807, 2.05) is 0 Å². The van der Waals surface area contributed by atoms with Crippen molar-refractivity contribution in [2.75, 3.05) is 12.4 Å². The third-order valence-electron chi connectivity index (χ3n) is 2.33. The van der Waals surface area contributed by atoms with Gasteiger partial charge in [0.2, 0.25) is 0 Å². The van der Waals surface area contributed by atoms with Crippen LogP contribution in [0, 0.1) is 0 Å². The van der Waals surface area contributed by atoms with E-state index in [1.54, 1.807) is 30.1 Å². The summed E-state index contributed by atoms with van der Waals surface area (Å²) in [5, 5.41) is 7.49. The van der Waals surface area contributed by atoms with Crippen LogP contribution in [-0.4, -0.2) is 22.8 Å². The molecule has 100 valence electrons. The summed E-state index contributed by atoms with van der Waals surface area (Å²) < 4.78 is 6.47. The molecule has 0 bridgehead atoms. The van der Waals surface area contributed by atoms with Gasteiger partial charge in [-0.3, -0.25) is 4.79 Å². The van der Waals surface area contributed by atoms with Crippen molar-refractivity contribution in [2.45, 2.75) is 6.73 Å². The fourth-order valence-electron chi connectivity index (χ4n) is 1.50. The molecule has 1 N–H and O–H groups in total. The van der Waals surface area contributed by atoms with E-state index >= 15 is 0 Å². The van der Waals surface area contributed by atoms with Gasteiger partial charge in [-0.2, -0.15) is 5.10 Å². The molecule has 19 heavy (non-hydrogen) atoms. The van der Waals surface area contributed by atoms with Gasteiger partial charge < -0.3 is 10.1 Å². The van der Waals surface area contributed by atoms with Crippen LogP contribution in [-0.2, 0) is 11.5 Å². The van der Waals surface area contributed by atoms with Crippen LogP contribution >= 0.6 is 23.2 Å². The van der Waals surface area contributed by atoms with E-state index in [0.717, 1.165) is 0 Å². The molecule has 7 heteroatoms. The van der Waals surface area contributed by atoms with Crippen LogP contribution in [0.15, 0.2) is 30.6 Å². The zero-order valence-corrected chi connectivity index (χ0v) is 11.6. The zero-order valence-electron chi connectivity index (χ0n) is 10.1. The molecule has 0 aliphatic rings. The SMILES string of the molecule is COCn1cc(NC(=O)c2ccc(Cl)cc2Cl)cn1. The molecular weight excluding hydrogens is 289 g/mol. The number of carbonyl (C=O) groups is 1. The number of amides is 1. The van der Waals surface area contributed by atoms with Crippen molar-refractivity contribution in [1.29, 1.82) is 0 Å². The van der Waals surface area contributed by atoms with Gasteiger partial charge in [0.25, 0.3) is 5.91 Å². The Morgan fingerprint density at radius 3 is 2.95 bits per heavy atom. The number of nitrogens with zero attached hydrogens (tertiary/aromatic N) is 2. The number of benzene rings is 1. The summed E-state index contributed by atoms with van der Waals surface area (Å²) in [5.74, 6) is -0.321. The van der Waals surface area contributed by atoms with Crippen molar-refractivity contribution in [3.05, 3.63) is 46.2 Å². The molecule has 0 unspecified atom stereocenters. The number of ether oxygens (including phenoxy) is 1. The first-order chi connectivity index (χ1) is 9.10. The fourth-order valence-corrected chi connectivity index (χ4v) is 2.00.